The van der Waals surface area contributed by atoms with E-state index in [1.165, 1.54) is 0 Å². The summed E-state index contributed by atoms with van der Waals surface area (Å²) in [7, 11) is 0. The van der Waals surface area contributed by atoms with Crippen LogP contribution in [0.2, 0.25) is 0 Å². The molecule has 1 aromatic heterocycles. The maximum atomic E-state index is 11.9. The van der Waals surface area contributed by atoms with E-state index < -0.39 is 0 Å². The summed E-state index contributed by atoms with van der Waals surface area (Å²) in [4.78, 5) is 11.6. The summed E-state index contributed by atoms with van der Waals surface area (Å²) in [6.45, 7) is 0. The van der Waals surface area contributed by atoms with Crippen molar-refractivity contribution in [1.29, 1.82) is 0 Å². The standard InChI is InChI=1S/C24H16N2O2/c27-26(28)24-21-9-5-4-6-17(21)12-13-22(24)19-11-10-18-14-15-25(23(18)16-19)20-7-2-1-3-8-20/h1-16H. The molecule has 4 heteroatoms. The Kier molecular flexibility index (Phi) is 3.69. The minimum atomic E-state index is -0.280. The van der Waals surface area contributed by atoms with Crippen molar-refractivity contribution in [3.63, 3.8) is 0 Å². The molecule has 0 aliphatic carbocycles. The maximum absolute atomic E-state index is 11.9. The average Bonchev–Trinajstić information content (AvgIpc) is 3.16. The third kappa shape index (κ3) is 2.55. The van der Waals surface area contributed by atoms with Gasteiger partial charge in [0.05, 0.1) is 21.4 Å². The van der Waals surface area contributed by atoms with E-state index >= 15 is 0 Å². The Morgan fingerprint density at radius 3 is 2.32 bits per heavy atom. The molecule has 0 aliphatic rings. The highest BCUT2D eigenvalue weighted by Gasteiger charge is 2.20. The van der Waals surface area contributed by atoms with Gasteiger partial charge in [0, 0.05) is 11.9 Å². The third-order valence-electron chi connectivity index (χ3n) is 5.12. The van der Waals surface area contributed by atoms with Crippen molar-refractivity contribution < 1.29 is 4.92 Å². The summed E-state index contributed by atoms with van der Waals surface area (Å²) in [6, 6.07) is 29.4. The molecule has 0 aliphatic heterocycles. The van der Waals surface area contributed by atoms with Gasteiger partial charge in [0.1, 0.15) is 0 Å². The van der Waals surface area contributed by atoms with Crippen LogP contribution < -0.4 is 0 Å². The largest absolute Gasteiger partial charge is 0.317 e. The van der Waals surface area contributed by atoms with Crippen molar-refractivity contribution in [2.75, 3.05) is 0 Å². The van der Waals surface area contributed by atoms with Crippen LogP contribution in [0.25, 0.3) is 38.5 Å². The van der Waals surface area contributed by atoms with E-state index in [2.05, 4.69) is 10.6 Å². The van der Waals surface area contributed by atoms with Gasteiger partial charge in [0.2, 0.25) is 0 Å². The first-order chi connectivity index (χ1) is 13.7. The molecule has 5 aromatic rings. The molecule has 0 radical (unpaired) electrons. The Balaban J connectivity index is 1.76. The van der Waals surface area contributed by atoms with Crippen molar-refractivity contribution in [3.8, 4) is 16.8 Å². The van der Waals surface area contributed by atoms with Crippen molar-refractivity contribution in [2.24, 2.45) is 0 Å². The maximum Gasteiger partial charge on any atom is 0.284 e. The number of benzene rings is 4. The van der Waals surface area contributed by atoms with Gasteiger partial charge in [-0.3, -0.25) is 10.1 Å². The van der Waals surface area contributed by atoms with Gasteiger partial charge in [-0.25, -0.2) is 0 Å². The summed E-state index contributed by atoms with van der Waals surface area (Å²) in [5, 5.41) is 14.5. The summed E-state index contributed by atoms with van der Waals surface area (Å²) >= 11 is 0. The zero-order valence-electron chi connectivity index (χ0n) is 14.9. The summed E-state index contributed by atoms with van der Waals surface area (Å²) in [5.74, 6) is 0. The number of fused-ring (bicyclic) bond motifs is 2. The topological polar surface area (TPSA) is 48.1 Å². The monoisotopic (exact) mass is 364 g/mol. The Hall–Kier alpha value is -3.92. The first kappa shape index (κ1) is 16.3. The van der Waals surface area contributed by atoms with Gasteiger partial charge in [0.25, 0.3) is 5.69 Å². The van der Waals surface area contributed by atoms with Crippen LogP contribution in [0.5, 0.6) is 0 Å². The summed E-state index contributed by atoms with van der Waals surface area (Å²) in [6.07, 6.45) is 2.03. The third-order valence-corrected chi connectivity index (χ3v) is 5.12. The number of aromatic nitrogens is 1. The molecule has 4 aromatic carbocycles. The van der Waals surface area contributed by atoms with E-state index in [9.17, 15) is 10.1 Å². The van der Waals surface area contributed by atoms with Gasteiger partial charge in [-0.05, 0) is 52.7 Å². The quantitative estimate of drug-likeness (QED) is 0.276. The van der Waals surface area contributed by atoms with Gasteiger partial charge in [-0.15, -0.1) is 0 Å². The van der Waals surface area contributed by atoms with E-state index in [4.69, 9.17) is 0 Å². The number of para-hydroxylation sites is 1. The second-order valence-corrected chi connectivity index (χ2v) is 6.73. The van der Waals surface area contributed by atoms with Gasteiger partial charge < -0.3 is 4.57 Å². The van der Waals surface area contributed by atoms with Crippen LogP contribution in [0.15, 0.2) is 97.2 Å². The molecule has 0 saturated heterocycles. The molecule has 0 N–H and O–H groups in total. The Labute approximate surface area is 161 Å². The van der Waals surface area contributed by atoms with E-state index in [1.807, 2.05) is 91.1 Å². The predicted octanol–water partition coefficient (Wildman–Crippen LogP) is 6.36. The van der Waals surface area contributed by atoms with Gasteiger partial charge >= 0.3 is 0 Å². The van der Waals surface area contributed by atoms with Crippen LogP contribution in [-0.4, -0.2) is 9.49 Å². The highest BCUT2D eigenvalue weighted by atomic mass is 16.6. The minimum Gasteiger partial charge on any atom is -0.317 e. The van der Waals surface area contributed by atoms with Crippen molar-refractivity contribution >= 4 is 27.4 Å². The van der Waals surface area contributed by atoms with E-state index in [1.54, 1.807) is 0 Å². The summed E-state index contributed by atoms with van der Waals surface area (Å²) in [5.41, 5.74) is 3.69. The van der Waals surface area contributed by atoms with Gasteiger partial charge in [0.15, 0.2) is 0 Å². The number of nitro benzene ring substituents is 1. The highest BCUT2D eigenvalue weighted by molar-refractivity contribution is 5.99. The fraction of sp³-hybridized carbons (Fsp3) is 0. The second kappa shape index (κ2) is 6.35. The zero-order chi connectivity index (χ0) is 19.1. The molecule has 0 amide bonds. The second-order valence-electron chi connectivity index (χ2n) is 6.73. The van der Waals surface area contributed by atoms with Gasteiger partial charge in [-0.2, -0.15) is 0 Å². The molecule has 0 spiro atoms. The van der Waals surface area contributed by atoms with Gasteiger partial charge in [-0.1, -0.05) is 54.6 Å². The Morgan fingerprint density at radius 1 is 0.750 bits per heavy atom. The molecule has 1 heterocycles. The van der Waals surface area contributed by atoms with Crippen LogP contribution in [0.3, 0.4) is 0 Å². The first-order valence-electron chi connectivity index (χ1n) is 9.05. The van der Waals surface area contributed by atoms with Crippen LogP contribution in [-0.2, 0) is 0 Å². The number of nitrogens with zero attached hydrogens (tertiary/aromatic N) is 2. The first-order valence-corrected chi connectivity index (χ1v) is 9.05. The smallest absolute Gasteiger partial charge is 0.284 e. The van der Waals surface area contributed by atoms with Crippen LogP contribution in [0.1, 0.15) is 0 Å². The number of nitro groups is 1. The molecule has 0 atom stereocenters. The van der Waals surface area contributed by atoms with Crippen LogP contribution in [0, 0.1) is 10.1 Å². The Bertz CT molecular complexity index is 1340. The average molecular weight is 364 g/mol. The van der Waals surface area contributed by atoms with E-state index in [0.717, 1.165) is 27.5 Å². The lowest BCUT2D eigenvalue weighted by atomic mass is 9.98. The number of hydrogen-bond donors (Lipinski definition) is 0. The molecule has 0 unspecified atom stereocenters. The fourth-order valence-electron chi connectivity index (χ4n) is 3.79. The summed E-state index contributed by atoms with van der Waals surface area (Å²) < 4.78 is 2.10. The lowest BCUT2D eigenvalue weighted by Gasteiger charge is -2.09. The minimum absolute atomic E-state index is 0.148. The molecule has 0 bridgehead atoms. The normalized spacial score (nSPS) is 11.1. The lowest BCUT2D eigenvalue weighted by Crippen LogP contribution is -1.95. The van der Waals surface area contributed by atoms with Crippen molar-refractivity contribution in [2.45, 2.75) is 0 Å². The molecule has 4 nitrogen and oxygen atoms in total. The number of rotatable bonds is 3. The zero-order valence-corrected chi connectivity index (χ0v) is 14.9. The molecule has 28 heavy (non-hydrogen) atoms. The fourth-order valence-corrected chi connectivity index (χ4v) is 3.79. The SMILES string of the molecule is O=[N+]([O-])c1c(-c2ccc3ccn(-c4ccccc4)c3c2)ccc2ccccc12. The lowest BCUT2D eigenvalue weighted by molar-refractivity contribution is -0.382. The van der Waals surface area contributed by atoms with Crippen molar-refractivity contribution in [1.82, 2.24) is 4.57 Å². The van der Waals surface area contributed by atoms with E-state index in [0.29, 0.717) is 10.9 Å². The molecule has 134 valence electrons. The molecule has 5 rings (SSSR count). The molecular formula is C24H16N2O2. The Morgan fingerprint density at radius 2 is 1.50 bits per heavy atom. The van der Waals surface area contributed by atoms with Crippen molar-refractivity contribution in [3.05, 3.63) is 107 Å². The molecule has 0 fully saturated rings. The molecule has 0 saturated carbocycles. The van der Waals surface area contributed by atoms with E-state index in [-0.39, 0.29) is 10.6 Å². The number of hydrogen-bond acceptors (Lipinski definition) is 2. The van der Waals surface area contributed by atoms with Crippen LogP contribution in [0.4, 0.5) is 5.69 Å². The predicted molar refractivity (Wildman–Crippen MR) is 113 cm³/mol. The van der Waals surface area contributed by atoms with Crippen LogP contribution >= 0.6 is 0 Å². The highest BCUT2D eigenvalue weighted by Crippen LogP contribution is 2.37. The molecular weight excluding hydrogens is 348 g/mol.